The summed E-state index contributed by atoms with van der Waals surface area (Å²) in [4.78, 5) is 0. The van der Waals surface area contributed by atoms with Crippen LogP contribution in [-0.2, 0) is 0 Å². The summed E-state index contributed by atoms with van der Waals surface area (Å²) in [6.07, 6.45) is 0. The summed E-state index contributed by atoms with van der Waals surface area (Å²) in [7, 11) is -4.16. The lowest BCUT2D eigenvalue weighted by molar-refractivity contribution is 0.494. The molecule has 0 atom stereocenters. The first-order valence-corrected chi connectivity index (χ1v) is 26.7. The van der Waals surface area contributed by atoms with E-state index < -0.39 is 16.6 Å². The van der Waals surface area contributed by atoms with Gasteiger partial charge < -0.3 is 8.85 Å². The van der Waals surface area contributed by atoms with Crippen LogP contribution in [0.4, 0.5) is 0 Å². The second-order valence-electron chi connectivity index (χ2n) is 19.4. The van der Waals surface area contributed by atoms with Crippen molar-refractivity contribution in [2.24, 2.45) is 0 Å². The van der Waals surface area contributed by atoms with Crippen LogP contribution in [0.15, 0.2) is 133 Å². The molecule has 0 unspecified atom stereocenters. The molecule has 0 aliphatic rings. The first-order chi connectivity index (χ1) is 27.3. The molecular formula is C54H58O2Si2. The molecule has 2 nitrogen and oxygen atoms in total. The molecule has 8 aromatic carbocycles. The van der Waals surface area contributed by atoms with Crippen LogP contribution in [-0.4, -0.2) is 16.6 Å². The Kier molecular flexibility index (Phi) is 9.77. The maximum atomic E-state index is 7.14. The molecule has 0 saturated carbocycles. The van der Waals surface area contributed by atoms with E-state index in [1.807, 2.05) is 0 Å². The van der Waals surface area contributed by atoms with Crippen LogP contribution >= 0.6 is 0 Å². The van der Waals surface area contributed by atoms with Crippen molar-refractivity contribution in [1.29, 1.82) is 0 Å². The summed E-state index contributed by atoms with van der Waals surface area (Å²) >= 11 is 0. The van der Waals surface area contributed by atoms with Crippen molar-refractivity contribution < 1.29 is 8.85 Å². The lowest BCUT2D eigenvalue weighted by Gasteiger charge is -2.37. The minimum Gasteiger partial charge on any atom is -0.543 e. The molecule has 0 fully saturated rings. The first kappa shape index (κ1) is 39.7. The Morgan fingerprint density at radius 1 is 0.328 bits per heavy atom. The molecule has 0 spiro atoms. The molecule has 0 amide bonds. The van der Waals surface area contributed by atoms with E-state index in [0.29, 0.717) is 0 Å². The average molecular weight is 795 g/mol. The van der Waals surface area contributed by atoms with Gasteiger partial charge in [-0.15, -0.1) is 0 Å². The first-order valence-electron chi connectivity index (χ1n) is 20.8. The second kappa shape index (κ2) is 14.3. The quantitative estimate of drug-likeness (QED) is 0.118. The van der Waals surface area contributed by atoms with Crippen LogP contribution in [0.2, 0.25) is 36.3 Å². The van der Waals surface area contributed by atoms with E-state index >= 15 is 0 Å². The van der Waals surface area contributed by atoms with Crippen LogP contribution in [0, 0.1) is 13.8 Å². The van der Waals surface area contributed by atoms with Crippen LogP contribution in [0.5, 0.6) is 11.5 Å². The molecule has 0 N–H and O–H groups in total. The smallest absolute Gasteiger partial charge is 0.250 e. The fourth-order valence-electron chi connectivity index (χ4n) is 7.81. The molecule has 0 aromatic heterocycles. The zero-order valence-corrected chi connectivity index (χ0v) is 38.5. The molecule has 0 aliphatic carbocycles. The Labute approximate surface area is 348 Å². The van der Waals surface area contributed by atoms with E-state index in [-0.39, 0.29) is 10.1 Å². The van der Waals surface area contributed by atoms with Crippen molar-refractivity contribution in [3.63, 3.8) is 0 Å². The Balaban J connectivity index is 1.11. The highest BCUT2D eigenvalue weighted by Crippen LogP contribution is 2.46. The summed E-state index contributed by atoms with van der Waals surface area (Å²) < 4.78 is 14.2. The van der Waals surface area contributed by atoms with E-state index in [9.17, 15) is 0 Å². The third-order valence-corrected chi connectivity index (χ3v) is 22.2. The fraction of sp³-hybridized carbons (Fsp3) is 0.259. The lowest BCUT2D eigenvalue weighted by atomic mass is 9.92. The number of hydrogen-bond donors (Lipinski definition) is 0. The van der Waals surface area contributed by atoms with E-state index in [4.69, 9.17) is 8.85 Å². The molecule has 0 bridgehead atoms. The van der Waals surface area contributed by atoms with Crippen molar-refractivity contribution in [3.8, 4) is 44.9 Å². The van der Waals surface area contributed by atoms with Crippen molar-refractivity contribution >= 4 is 59.7 Å². The number of aryl methyl sites for hydroxylation is 2. The van der Waals surface area contributed by atoms with Crippen molar-refractivity contribution in [1.82, 2.24) is 0 Å². The SMILES string of the molecule is Cc1c(O[Si](C)(C)C(C)(C)C)c2ccccc2c2ccc(-c3ccc(-c4ccc(-c5ccc6c(c5)c(O[Si](C)(C)C(C)(C)C)c(C)c5ccccc56)cc4)cc3)cc12. The van der Waals surface area contributed by atoms with E-state index in [0.717, 1.165) is 11.5 Å². The fourth-order valence-corrected chi connectivity index (χ4v) is 9.97. The Morgan fingerprint density at radius 2 is 0.621 bits per heavy atom. The largest absolute Gasteiger partial charge is 0.543 e. The third kappa shape index (κ3) is 6.94. The zero-order chi connectivity index (χ0) is 41.4. The monoisotopic (exact) mass is 794 g/mol. The number of rotatable bonds is 7. The molecule has 4 heteroatoms. The second-order valence-corrected chi connectivity index (χ2v) is 28.8. The van der Waals surface area contributed by atoms with Gasteiger partial charge in [0.25, 0.3) is 16.6 Å². The highest BCUT2D eigenvalue weighted by molar-refractivity contribution is 6.75. The summed E-state index contributed by atoms with van der Waals surface area (Å²) in [6.45, 7) is 27.7. The molecular weight excluding hydrogens is 737 g/mol. The van der Waals surface area contributed by atoms with Gasteiger partial charge in [-0.25, -0.2) is 0 Å². The zero-order valence-electron chi connectivity index (χ0n) is 36.5. The number of hydrogen-bond acceptors (Lipinski definition) is 2. The molecule has 8 aromatic rings. The average Bonchev–Trinajstić information content (AvgIpc) is 3.20. The summed E-state index contributed by atoms with van der Waals surface area (Å²) in [6, 6.07) is 49.3. The van der Waals surface area contributed by atoms with E-state index in [1.165, 1.54) is 87.6 Å². The van der Waals surface area contributed by atoms with Gasteiger partial charge in [0.1, 0.15) is 11.5 Å². The summed E-state index contributed by atoms with van der Waals surface area (Å²) in [5, 5.41) is 10.1. The van der Waals surface area contributed by atoms with E-state index in [2.05, 4.69) is 215 Å². The highest BCUT2D eigenvalue weighted by Gasteiger charge is 2.41. The molecule has 58 heavy (non-hydrogen) atoms. The molecule has 0 radical (unpaired) electrons. The van der Waals surface area contributed by atoms with Crippen molar-refractivity contribution in [2.75, 3.05) is 0 Å². The normalized spacial score (nSPS) is 12.8. The van der Waals surface area contributed by atoms with Gasteiger partial charge in [0.15, 0.2) is 0 Å². The van der Waals surface area contributed by atoms with Crippen LogP contribution in [0.25, 0.3) is 76.5 Å². The Bertz CT molecular complexity index is 2850. The molecule has 294 valence electrons. The Morgan fingerprint density at radius 3 is 1.07 bits per heavy atom. The third-order valence-electron chi connectivity index (χ3n) is 13.5. The van der Waals surface area contributed by atoms with Gasteiger partial charge in [-0.05, 0) is 139 Å². The van der Waals surface area contributed by atoms with Gasteiger partial charge >= 0.3 is 0 Å². The van der Waals surface area contributed by atoms with Crippen molar-refractivity contribution in [3.05, 3.63) is 145 Å². The minimum absolute atomic E-state index is 0.0942. The highest BCUT2D eigenvalue weighted by atomic mass is 28.4. The predicted octanol–water partition coefficient (Wildman–Crippen LogP) is 16.7. The van der Waals surface area contributed by atoms with Gasteiger partial charge in [-0.3, -0.25) is 0 Å². The van der Waals surface area contributed by atoms with Gasteiger partial charge in [-0.1, -0.05) is 163 Å². The maximum Gasteiger partial charge on any atom is 0.250 e. The molecule has 8 rings (SSSR count). The standard InChI is InChI=1S/C54H58O2Si2/c1-35-43-17-13-14-18-44(43)47-32-30-42(34-50(47)52(35)56-58(11,12)54(6,7)8)40-27-23-38(24-28-40)37-21-25-39(26-22-37)41-29-31-46-45-19-15-16-20-48(45)51(36(2)49(46)33-41)55-57(9,10)53(3,4)5/h13-34H,1-12H3. The van der Waals surface area contributed by atoms with Crippen LogP contribution in [0.3, 0.4) is 0 Å². The lowest BCUT2D eigenvalue weighted by Crippen LogP contribution is -2.44. The predicted molar refractivity (Wildman–Crippen MR) is 258 cm³/mol. The summed E-state index contributed by atoms with van der Waals surface area (Å²) in [5.74, 6) is 2.08. The maximum absolute atomic E-state index is 7.14. The molecule has 0 saturated heterocycles. The van der Waals surface area contributed by atoms with Gasteiger partial charge in [0, 0.05) is 10.8 Å². The molecule has 0 aliphatic heterocycles. The molecule has 0 heterocycles. The topological polar surface area (TPSA) is 18.5 Å². The Hall–Kier alpha value is -5.17. The van der Waals surface area contributed by atoms with Gasteiger partial charge in [-0.2, -0.15) is 0 Å². The van der Waals surface area contributed by atoms with Gasteiger partial charge in [0.2, 0.25) is 0 Å². The van der Waals surface area contributed by atoms with E-state index in [1.54, 1.807) is 0 Å². The number of benzene rings is 8. The summed E-state index contributed by atoms with van der Waals surface area (Å²) in [5.41, 5.74) is 9.65. The minimum atomic E-state index is -2.09. The van der Waals surface area contributed by atoms with Crippen LogP contribution in [0.1, 0.15) is 52.7 Å². The van der Waals surface area contributed by atoms with Gasteiger partial charge in [0.05, 0.1) is 0 Å². The van der Waals surface area contributed by atoms with Crippen LogP contribution < -0.4 is 8.85 Å². The number of fused-ring (bicyclic) bond motifs is 6. The van der Waals surface area contributed by atoms with Crippen molar-refractivity contribution in [2.45, 2.75) is 91.7 Å².